The number of hydrogen-bond acceptors (Lipinski definition) is 2. The molecule has 4 nitrogen and oxygen atoms in total. The first-order chi connectivity index (χ1) is 5.57. The van der Waals surface area contributed by atoms with E-state index >= 15 is 0 Å². The summed E-state index contributed by atoms with van der Waals surface area (Å²) in [5, 5.41) is 18.0. The summed E-state index contributed by atoms with van der Waals surface area (Å²) in [6.45, 7) is 1.86. The molecule has 0 spiro atoms. The number of nitrogens with zero attached hydrogens (tertiary/aromatic N) is 1. The van der Waals surface area contributed by atoms with Gasteiger partial charge in [-0.2, -0.15) is 0 Å². The Morgan fingerprint density at radius 2 is 2.25 bits per heavy atom. The van der Waals surface area contributed by atoms with Gasteiger partial charge in [0, 0.05) is 13.2 Å². The summed E-state index contributed by atoms with van der Waals surface area (Å²) in [4.78, 5) is 10.5. The van der Waals surface area contributed by atoms with E-state index in [4.69, 9.17) is 5.11 Å². The third-order valence-corrected chi connectivity index (χ3v) is 1.84. The number of carbonyl (C=O) groups is 1. The number of aromatic nitrogens is 1. The Bertz CT molecular complexity index is 314. The number of carboxylic acid groups (broad SMARTS) is 1. The molecule has 0 aromatic carbocycles. The van der Waals surface area contributed by atoms with Gasteiger partial charge in [-0.3, -0.25) is 0 Å². The maximum Gasteiger partial charge on any atom is 0.341 e. The summed E-state index contributed by atoms with van der Waals surface area (Å²) in [6.07, 6.45) is 2.03. The Morgan fingerprint density at radius 1 is 1.67 bits per heavy atom. The van der Waals surface area contributed by atoms with Gasteiger partial charge in [-0.15, -0.1) is 0 Å². The topological polar surface area (TPSA) is 62.5 Å². The molecule has 0 aliphatic carbocycles. The average Bonchev–Trinajstić information content (AvgIpc) is 2.27. The highest BCUT2D eigenvalue weighted by Gasteiger charge is 2.16. The van der Waals surface area contributed by atoms with E-state index in [0.29, 0.717) is 12.1 Å². The Morgan fingerprint density at radius 3 is 2.50 bits per heavy atom. The fraction of sp³-hybridized carbons (Fsp3) is 0.375. The average molecular weight is 169 g/mol. The highest BCUT2D eigenvalue weighted by Crippen LogP contribution is 2.24. The Balaban J connectivity index is 3.26. The Kier molecular flexibility index (Phi) is 2.08. The first kappa shape index (κ1) is 8.64. The number of hydrogen-bond donors (Lipinski definition) is 2. The molecule has 12 heavy (non-hydrogen) atoms. The lowest BCUT2D eigenvalue weighted by atomic mass is 10.2. The lowest BCUT2D eigenvalue weighted by Crippen LogP contribution is -1.93. The van der Waals surface area contributed by atoms with Gasteiger partial charge in [-0.05, 0) is 6.42 Å². The highest BCUT2D eigenvalue weighted by molar-refractivity contribution is 5.91. The van der Waals surface area contributed by atoms with Crippen LogP contribution >= 0.6 is 0 Å². The van der Waals surface area contributed by atoms with Crippen LogP contribution in [0.2, 0.25) is 0 Å². The quantitative estimate of drug-likeness (QED) is 0.694. The number of carboxylic acids is 1. The zero-order chi connectivity index (χ0) is 9.30. The molecule has 0 saturated heterocycles. The standard InChI is InChI=1S/C8H11NO3/c1-3-6-7(10)5(8(11)12)4-9(6)2/h4,10H,3H2,1-2H3,(H,11,12). The first-order valence-electron chi connectivity index (χ1n) is 3.68. The minimum absolute atomic E-state index is 0.0330. The molecule has 66 valence electrons. The second-order valence-electron chi connectivity index (χ2n) is 2.61. The number of aromatic hydroxyl groups is 1. The van der Waals surface area contributed by atoms with Crippen LogP contribution in [0.4, 0.5) is 0 Å². The van der Waals surface area contributed by atoms with Gasteiger partial charge in [0.25, 0.3) is 0 Å². The lowest BCUT2D eigenvalue weighted by Gasteiger charge is -1.97. The van der Waals surface area contributed by atoms with Gasteiger partial charge in [-0.25, -0.2) is 4.79 Å². The normalized spacial score (nSPS) is 10.2. The van der Waals surface area contributed by atoms with Gasteiger partial charge in [0.15, 0.2) is 5.75 Å². The minimum atomic E-state index is -1.09. The second-order valence-corrected chi connectivity index (χ2v) is 2.61. The lowest BCUT2D eigenvalue weighted by molar-refractivity contribution is 0.0694. The molecular weight excluding hydrogens is 158 g/mol. The zero-order valence-corrected chi connectivity index (χ0v) is 7.03. The van der Waals surface area contributed by atoms with E-state index in [2.05, 4.69) is 0 Å². The van der Waals surface area contributed by atoms with Crippen molar-refractivity contribution in [3.63, 3.8) is 0 Å². The van der Waals surface area contributed by atoms with Crippen LogP contribution < -0.4 is 0 Å². The predicted octanol–water partition coefficient (Wildman–Crippen LogP) is 0.991. The van der Waals surface area contributed by atoms with E-state index in [9.17, 15) is 9.90 Å². The Hall–Kier alpha value is -1.45. The SMILES string of the molecule is CCc1c(O)c(C(=O)O)cn1C. The fourth-order valence-electron chi connectivity index (χ4n) is 1.23. The molecule has 4 heteroatoms. The van der Waals surface area contributed by atoms with Gasteiger partial charge in [-0.1, -0.05) is 6.92 Å². The summed E-state index contributed by atoms with van der Waals surface area (Å²) in [5.41, 5.74) is 0.613. The van der Waals surface area contributed by atoms with Crippen molar-refractivity contribution >= 4 is 5.97 Å². The molecule has 0 fully saturated rings. The van der Waals surface area contributed by atoms with Crippen molar-refractivity contribution in [1.29, 1.82) is 0 Å². The highest BCUT2D eigenvalue weighted by atomic mass is 16.4. The molecule has 0 atom stereocenters. The molecule has 0 saturated carbocycles. The van der Waals surface area contributed by atoms with Gasteiger partial charge in [0.05, 0.1) is 5.69 Å². The van der Waals surface area contributed by atoms with Gasteiger partial charge in [0.2, 0.25) is 0 Å². The van der Waals surface area contributed by atoms with Crippen LogP contribution in [0, 0.1) is 0 Å². The van der Waals surface area contributed by atoms with Crippen molar-refractivity contribution in [1.82, 2.24) is 4.57 Å². The van der Waals surface area contributed by atoms with Crippen molar-refractivity contribution in [3.05, 3.63) is 17.5 Å². The maximum absolute atomic E-state index is 10.5. The monoisotopic (exact) mass is 169 g/mol. The van der Waals surface area contributed by atoms with E-state index in [1.165, 1.54) is 6.20 Å². The van der Waals surface area contributed by atoms with E-state index in [1.807, 2.05) is 6.92 Å². The van der Waals surface area contributed by atoms with Gasteiger partial charge < -0.3 is 14.8 Å². The summed E-state index contributed by atoms with van der Waals surface area (Å²) < 4.78 is 1.62. The number of aryl methyl sites for hydroxylation is 1. The van der Waals surface area contributed by atoms with E-state index in [0.717, 1.165) is 0 Å². The molecule has 0 aliphatic rings. The van der Waals surface area contributed by atoms with Gasteiger partial charge >= 0.3 is 5.97 Å². The first-order valence-corrected chi connectivity index (χ1v) is 3.68. The van der Waals surface area contributed by atoms with Crippen LogP contribution in [0.3, 0.4) is 0 Å². The van der Waals surface area contributed by atoms with Crippen molar-refractivity contribution < 1.29 is 15.0 Å². The van der Waals surface area contributed by atoms with Crippen molar-refractivity contribution in [2.24, 2.45) is 7.05 Å². The van der Waals surface area contributed by atoms with Crippen molar-refractivity contribution in [2.45, 2.75) is 13.3 Å². The number of rotatable bonds is 2. The molecule has 2 N–H and O–H groups in total. The third-order valence-electron chi connectivity index (χ3n) is 1.84. The maximum atomic E-state index is 10.5. The van der Waals surface area contributed by atoms with Crippen molar-refractivity contribution in [2.75, 3.05) is 0 Å². The number of aromatic carboxylic acids is 1. The predicted molar refractivity (Wildman–Crippen MR) is 43.4 cm³/mol. The Labute approximate surface area is 70.1 Å². The zero-order valence-electron chi connectivity index (χ0n) is 7.03. The molecule has 1 heterocycles. The minimum Gasteiger partial charge on any atom is -0.505 e. The smallest absolute Gasteiger partial charge is 0.341 e. The summed E-state index contributed by atoms with van der Waals surface area (Å²) in [6, 6.07) is 0. The molecule has 1 aromatic rings. The van der Waals surface area contributed by atoms with E-state index in [1.54, 1.807) is 11.6 Å². The molecular formula is C8H11NO3. The molecule has 1 aromatic heterocycles. The molecule has 0 aliphatic heterocycles. The van der Waals surface area contributed by atoms with Crippen LogP contribution in [0.25, 0.3) is 0 Å². The summed E-state index contributed by atoms with van der Waals surface area (Å²) in [7, 11) is 1.71. The largest absolute Gasteiger partial charge is 0.505 e. The molecule has 0 radical (unpaired) electrons. The van der Waals surface area contributed by atoms with E-state index in [-0.39, 0.29) is 11.3 Å². The van der Waals surface area contributed by atoms with Gasteiger partial charge in [0.1, 0.15) is 5.56 Å². The summed E-state index contributed by atoms with van der Waals surface area (Å²) in [5.74, 6) is -1.21. The van der Waals surface area contributed by atoms with Crippen LogP contribution in [0.1, 0.15) is 23.0 Å². The molecule has 1 rings (SSSR count). The second kappa shape index (κ2) is 2.89. The van der Waals surface area contributed by atoms with Crippen LogP contribution in [-0.2, 0) is 13.5 Å². The molecule has 0 unspecified atom stereocenters. The summed E-state index contributed by atoms with van der Waals surface area (Å²) >= 11 is 0. The van der Waals surface area contributed by atoms with E-state index < -0.39 is 5.97 Å². The molecule has 0 amide bonds. The van der Waals surface area contributed by atoms with Crippen LogP contribution in [0.15, 0.2) is 6.20 Å². The van der Waals surface area contributed by atoms with Crippen LogP contribution in [0.5, 0.6) is 5.75 Å². The fourth-order valence-corrected chi connectivity index (χ4v) is 1.23. The third kappa shape index (κ3) is 1.15. The van der Waals surface area contributed by atoms with Crippen LogP contribution in [-0.4, -0.2) is 20.7 Å². The molecule has 0 bridgehead atoms. The van der Waals surface area contributed by atoms with Crippen molar-refractivity contribution in [3.8, 4) is 5.75 Å².